The largest absolute Gasteiger partial charge is 0.495 e. The molecule has 1 aromatic carbocycles. The molecular formula is C16H19BF2O2. The molecule has 1 aliphatic carbocycles. The van der Waals surface area contributed by atoms with E-state index >= 15 is 0 Å². The van der Waals surface area contributed by atoms with Crippen molar-refractivity contribution >= 4 is 12.6 Å². The van der Waals surface area contributed by atoms with Gasteiger partial charge in [-0.25, -0.2) is 8.78 Å². The smallest absolute Gasteiger partial charge is 0.399 e. The number of rotatable bonds is 1. The van der Waals surface area contributed by atoms with Gasteiger partial charge in [0, 0.05) is 11.6 Å². The molecular weight excluding hydrogens is 273 g/mol. The van der Waals surface area contributed by atoms with E-state index in [9.17, 15) is 8.78 Å². The van der Waals surface area contributed by atoms with Crippen LogP contribution in [0.5, 0.6) is 0 Å². The van der Waals surface area contributed by atoms with Crippen molar-refractivity contribution < 1.29 is 18.1 Å². The Labute approximate surface area is 124 Å². The Morgan fingerprint density at radius 1 is 1.05 bits per heavy atom. The number of fused-ring (bicyclic) bond motifs is 1. The lowest BCUT2D eigenvalue weighted by Crippen LogP contribution is -2.41. The normalized spacial score (nSPS) is 23.0. The predicted octanol–water partition coefficient (Wildman–Crippen LogP) is 3.93. The second-order valence-electron chi connectivity index (χ2n) is 6.71. The SMILES string of the molecule is CC1(C)OB(C2=CCCc3cc(F)cc(F)c32)OC1(C)C. The molecule has 21 heavy (non-hydrogen) atoms. The first kappa shape index (κ1) is 14.7. The minimum absolute atomic E-state index is 0.432. The van der Waals surface area contributed by atoms with Crippen LogP contribution >= 0.6 is 0 Å². The van der Waals surface area contributed by atoms with E-state index in [0.29, 0.717) is 23.0 Å². The van der Waals surface area contributed by atoms with Gasteiger partial charge in [0.2, 0.25) is 0 Å². The average Bonchev–Trinajstić information content (AvgIpc) is 2.57. The van der Waals surface area contributed by atoms with Crippen molar-refractivity contribution in [1.82, 2.24) is 0 Å². The van der Waals surface area contributed by atoms with E-state index in [1.807, 2.05) is 33.8 Å². The van der Waals surface area contributed by atoms with Gasteiger partial charge in [-0.1, -0.05) is 6.08 Å². The maximum Gasteiger partial charge on any atom is 0.495 e. The van der Waals surface area contributed by atoms with Crippen molar-refractivity contribution in [3.63, 3.8) is 0 Å². The van der Waals surface area contributed by atoms with Gasteiger partial charge in [0.1, 0.15) is 11.6 Å². The maximum absolute atomic E-state index is 14.2. The van der Waals surface area contributed by atoms with Gasteiger partial charge in [0.15, 0.2) is 0 Å². The fraction of sp³-hybridized carbons (Fsp3) is 0.500. The number of allylic oxidation sites excluding steroid dienone is 1. The summed E-state index contributed by atoms with van der Waals surface area (Å²) in [6.07, 6.45) is 3.30. The molecule has 0 bridgehead atoms. The van der Waals surface area contributed by atoms with Gasteiger partial charge < -0.3 is 9.31 Å². The molecule has 2 aliphatic rings. The molecule has 3 rings (SSSR count). The maximum atomic E-state index is 14.2. The van der Waals surface area contributed by atoms with Crippen LogP contribution in [0.2, 0.25) is 0 Å². The Morgan fingerprint density at radius 3 is 2.29 bits per heavy atom. The highest BCUT2D eigenvalue weighted by atomic mass is 19.1. The third-order valence-electron chi connectivity index (χ3n) is 4.71. The quantitative estimate of drug-likeness (QED) is 0.730. The fourth-order valence-corrected chi connectivity index (χ4v) is 2.82. The summed E-state index contributed by atoms with van der Waals surface area (Å²) in [7, 11) is -0.617. The molecule has 0 aromatic heterocycles. The van der Waals surface area contributed by atoms with Crippen LogP contribution in [0.1, 0.15) is 45.2 Å². The third-order valence-corrected chi connectivity index (χ3v) is 4.71. The first-order valence-corrected chi connectivity index (χ1v) is 7.25. The van der Waals surface area contributed by atoms with Gasteiger partial charge in [0.05, 0.1) is 11.2 Å². The molecule has 0 atom stereocenters. The van der Waals surface area contributed by atoms with E-state index in [0.717, 1.165) is 12.5 Å². The van der Waals surface area contributed by atoms with E-state index in [2.05, 4.69) is 0 Å². The van der Waals surface area contributed by atoms with E-state index in [1.165, 1.54) is 6.07 Å². The molecule has 1 aliphatic heterocycles. The lowest BCUT2D eigenvalue weighted by atomic mass is 9.69. The van der Waals surface area contributed by atoms with Gasteiger partial charge >= 0.3 is 7.12 Å². The summed E-state index contributed by atoms with van der Waals surface area (Å²) in [4.78, 5) is 0. The lowest BCUT2D eigenvalue weighted by molar-refractivity contribution is 0.00578. The highest BCUT2D eigenvalue weighted by Gasteiger charge is 2.53. The first-order valence-electron chi connectivity index (χ1n) is 7.25. The van der Waals surface area contributed by atoms with Crippen molar-refractivity contribution in [3.8, 4) is 0 Å². The van der Waals surface area contributed by atoms with E-state index in [4.69, 9.17) is 9.31 Å². The number of benzene rings is 1. The molecule has 1 saturated heterocycles. The zero-order chi connectivity index (χ0) is 15.4. The molecule has 0 saturated carbocycles. The van der Waals surface area contributed by atoms with Gasteiger partial charge in [-0.15, -0.1) is 0 Å². The predicted molar refractivity (Wildman–Crippen MR) is 78.7 cm³/mol. The Hall–Kier alpha value is -1.20. The van der Waals surface area contributed by atoms with Crippen molar-refractivity contribution in [2.75, 3.05) is 0 Å². The summed E-state index contributed by atoms with van der Waals surface area (Å²) in [5, 5.41) is 0. The van der Waals surface area contributed by atoms with Gasteiger partial charge in [-0.3, -0.25) is 0 Å². The standard InChI is InChI=1S/C16H19BF2O2/c1-15(2)16(3,4)21-17(20-15)12-7-5-6-10-8-11(18)9-13(19)14(10)12/h7-9H,5-6H2,1-4H3. The summed E-state index contributed by atoms with van der Waals surface area (Å²) < 4.78 is 39.6. The summed E-state index contributed by atoms with van der Waals surface area (Å²) in [5.74, 6) is -1.09. The third kappa shape index (κ3) is 2.32. The molecule has 0 N–H and O–H groups in total. The lowest BCUT2D eigenvalue weighted by Gasteiger charge is -2.32. The van der Waals surface area contributed by atoms with Crippen LogP contribution in [0.4, 0.5) is 8.78 Å². The summed E-state index contributed by atoms with van der Waals surface area (Å²) in [6.45, 7) is 7.83. The molecule has 1 aromatic rings. The van der Waals surface area contributed by atoms with E-state index in [-0.39, 0.29) is 0 Å². The van der Waals surface area contributed by atoms with Crippen LogP contribution < -0.4 is 0 Å². The fourth-order valence-electron chi connectivity index (χ4n) is 2.82. The monoisotopic (exact) mass is 292 g/mol. The number of hydrogen-bond acceptors (Lipinski definition) is 2. The molecule has 1 heterocycles. The molecule has 1 fully saturated rings. The van der Waals surface area contributed by atoms with Crippen LogP contribution in [0.25, 0.3) is 5.47 Å². The van der Waals surface area contributed by atoms with Crippen LogP contribution in [0, 0.1) is 11.6 Å². The minimum atomic E-state index is -0.617. The van der Waals surface area contributed by atoms with E-state index in [1.54, 1.807) is 0 Å². The molecule has 0 spiro atoms. The van der Waals surface area contributed by atoms with Gasteiger partial charge in [-0.05, 0) is 57.6 Å². The van der Waals surface area contributed by atoms with Crippen molar-refractivity contribution in [1.29, 1.82) is 0 Å². The molecule has 112 valence electrons. The minimum Gasteiger partial charge on any atom is -0.399 e. The summed E-state index contributed by atoms with van der Waals surface area (Å²) >= 11 is 0. The Balaban J connectivity index is 2.02. The van der Waals surface area contributed by atoms with Crippen LogP contribution in [0.3, 0.4) is 0 Å². The first-order chi connectivity index (χ1) is 9.71. The molecule has 0 amide bonds. The van der Waals surface area contributed by atoms with Crippen molar-refractivity contribution in [2.45, 2.75) is 51.7 Å². The number of halogens is 2. The topological polar surface area (TPSA) is 18.5 Å². The van der Waals surface area contributed by atoms with Crippen LogP contribution in [0.15, 0.2) is 18.2 Å². The second-order valence-corrected chi connectivity index (χ2v) is 6.71. The molecule has 5 heteroatoms. The van der Waals surface area contributed by atoms with Crippen LogP contribution in [-0.4, -0.2) is 18.3 Å². The average molecular weight is 292 g/mol. The second kappa shape index (κ2) is 4.65. The number of aryl methyl sites for hydroxylation is 1. The van der Waals surface area contributed by atoms with Crippen LogP contribution in [-0.2, 0) is 15.7 Å². The van der Waals surface area contributed by atoms with Crippen molar-refractivity contribution in [3.05, 3.63) is 41.0 Å². The van der Waals surface area contributed by atoms with Crippen molar-refractivity contribution in [2.24, 2.45) is 0 Å². The zero-order valence-electron chi connectivity index (χ0n) is 12.8. The Morgan fingerprint density at radius 2 is 1.67 bits per heavy atom. The molecule has 2 nitrogen and oxygen atoms in total. The van der Waals surface area contributed by atoms with Gasteiger partial charge in [0.25, 0.3) is 0 Å². The zero-order valence-corrected chi connectivity index (χ0v) is 12.8. The highest BCUT2D eigenvalue weighted by Crippen LogP contribution is 2.42. The highest BCUT2D eigenvalue weighted by molar-refractivity contribution is 6.69. The molecule has 0 unspecified atom stereocenters. The van der Waals surface area contributed by atoms with E-state index < -0.39 is 30.0 Å². The Bertz CT molecular complexity index is 607. The Kier molecular flexibility index (Phi) is 3.26. The summed E-state index contributed by atoms with van der Waals surface area (Å²) in [6, 6.07) is 2.32. The summed E-state index contributed by atoms with van der Waals surface area (Å²) in [5.41, 5.74) is 0.826. The molecule has 0 radical (unpaired) electrons. The van der Waals surface area contributed by atoms with Gasteiger partial charge in [-0.2, -0.15) is 0 Å². The number of hydrogen-bond donors (Lipinski definition) is 0.